The van der Waals surface area contributed by atoms with Gasteiger partial charge in [0.15, 0.2) is 0 Å². The van der Waals surface area contributed by atoms with Gasteiger partial charge in [0.2, 0.25) is 0 Å². The summed E-state index contributed by atoms with van der Waals surface area (Å²) in [6, 6.07) is 0. The molecule has 0 atom stereocenters. The lowest BCUT2D eigenvalue weighted by atomic mass is 10.3. The first-order valence-electron chi connectivity index (χ1n) is 7.66. The Bertz CT molecular complexity index is 502. The molecule has 0 spiro atoms. The van der Waals surface area contributed by atoms with Crippen molar-refractivity contribution in [3.63, 3.8) is 0 Å². The smallest absolute Gasteiger partial charge is 0.266 e. The van der Waals surface area contributed by atoms with Crippen molar-refractivity contribution in [2.24, 2.45) is 0 Å². The van der Waals surface area contributed by atoms with Gasteiger partial charge in [0.25, 0.3) is 20.2 Å². The maximum Gasteiger partial charge on any atom is 0.266 e. The van der Waals surface area contributed by atoms with Gasteiger partial charge in [-0.2, -0.15) is 29.5 Å². The molecule has 1 heterocycles. The fourth-order valence-corrected chi connectivity index (χ4v) is 2.11. The van der Waals surface area contributed by atoms with Gasteiger partial charge >= 0.3 is 0 Å². The quantitative estimate of drug-likeness (QED) is 0.234. The Balaban J connectivity index is 0. The molecule has 0 aromatic heterocycles. The van der Waals surface area contributed by atoms with Gasteiger partial charge < -0.3 is 10.2 Å². The van der Waals surface area contributed by atoms with Crippen molar-refractivity contribution in [1.82, 2.24) is 9.80 Å². The number of β-amino-alcohol motifs (C(OH)–C–C–N with tert-alkyl or cyclic N) is 1. The number of hydrogen-bond donors (Lipinski definition) is 5. The van der Waals surface area contributed by atoms with Gasteiger partial charge in [0.1, 0.15) is 0 Å². The Morgan fingerprint density at radius 2 is 1.20 bits per heavy atom. The van der Waals surface area contributed by atoms with Crippen LogP contribution in [0.25, 0.3) is 0 Å². The SMILES string of the molecule is CCS(=O)(=O)O.O=S(=O)(O)CCN1CCN(CCO)CC1.OCCS. The monoisotopic (exact) mass is 426 g/mol. The highest BCUT2D eigenvalue weighted by Crippen LogP contribution is 2.01. The van der Waals surface area contributed by atoms with Crippen LogP contribution in [0.2, 0.25) is 0 Å². The van der Waals surface area contributed by atoms with Crippen molar-refractivity contribution < 1.29 is 36.2 Å². The zero-order chi connectivity index (χ0) is 19.9. The lowest BCUT2D eigenvalue weighted by molar-refractivity contribution is 0.116. The molecule has 0 aliphatic carbocycles. The highest BCUT2D eigenvalue weighted by Gasteiger charge is 2.17. The van der Waals surface area contributed by atoms with Crippen molar-refractivity contribution in [3.8, 4) is 0 Å². The summed E-state index contributed by atoms with van der Waals surface area (Å²) in [6.07, 6.45) is 0. The Kier molecular flexibility index (Phi) is 16.5. The van der Waals surface area contributed by atoms with Crippen LogP contribution in [0.4, 0.5) is 0 Å². The van der Waals surface area contributed by atoms with Gasteiger partial charge in [-0.15, -0.1) is 0 Å². The molecule has 1 aliphatic heterocycles. The molecule has 0 amide bonds. The normalized spacial score (nSPS) is 16.4. The van der Waals surface area contributed by atoms with Gasteiger partial charge in [-0.1, -0.05) is 0 Å². The average Bonchev–Trinajstić information content (AvgIpc) is 2.54. The van der Waals surface area contributed by atoms with Crippen molar-refractivity contribution in [3.05, 3.63) is 0 Å². The summed E-state index contributed by atoms with van der Waals surface area (Å²) >= 11 is 3.67. The number of thiol groups is 1. The second-order valence-corrected chi connectivity index (χ2v) is 8.77. The summed E-state index contributed by atoms with van der Waals surface area (Å²) in [5.74, 6) is 0.167. The van der Waals surface area contributed by atoms with Gasteiger partial charge in [0, 0.05) is 45.0 Å². The number of aliphatic hydroxyl groups is 2. The molecule has 0 aromatic carbocycles. The molecule has 154 valence electrons. The maximum absolute atomic E-state index is 10.5. The third kappa shape index (κ3) is 22.0. The van der Waals surface area contributed by atoms with Crippen LogP contribution in [0.1, 0.15) is 6.92 Å². The summed E-state index contributed by atoms with van der Waals surface area (Å²) in [5.41, 5.74) is 0. The fraction of sp³-hybridized carbons (Fsp3) is 1.00. The predicted molar refractivity (Wildman–Crippen MR) is 99.4 cm³/mol. The first-order valence-corrected chi connectivity index (χ1v) is 11.5. The van der Waals surface area contributed by atoms with Crippen molar-refractivity contribution in [2.45, 2.75) is 6.92 Å². The number of hydrogen-bond acceptors (Lipinski definition) is 9. The summed E-state index contributed by atoms with van der Waals surface area (Å²) in [7, 11) is -7.50. The Morgan fingerprint density at radius 1 is 0.840 bits per heavy atom. The standard InChI is InChI=1S/C8H18N2O4S.C2H6O3S.C2H6OS/c11-7-5-9-1-3-10(4-2-9)6-8-15(12,13)14;1-2-6(3,4)5;3-1-2-4/h11H,1-8H2,(H,12,13,14);2H2,1H3,(H,3,4,5);3-4H,1-2H2. The molecule has 0 unspecified atom stereocenters. The minimum atomic E-state index is -3.84. The molecule has 13 heteroatoms. The zero-order valence-electron chi connectivity index (χ0n) is 14.4. The minimum Gasteiger partial charge on any atom is -0.396 e. The van der Waals surface area contributed by atoms with Crippen LogP contribution in [0.5, 0.6) is 0 Å². The highest BCUT2D eigenvalue weighted by molar-refractivity contribution is 7.86. The van der Waals surface area contributed by atoms with Crippen LogP contribution in [-0.4, -0.2) is 116 Å². The molecule has 4 N–H and O–H groups in total. The van der Waals surface area contributed by atoms with E-state index in [1.54, 1.807) is 0 Å². The average molecular weight is 427 g/mol. The molecule has 1 rings (SSSR count). The van der Waals surface area contributed by atoms with Crippen LogP contribution >= 0.6 is 12.6 Å². The summed E-state index contributed by atoms with van der Waals surface area (Å²) in [5, 5.41) is 16.5. The highest BCUT2D eigenvalue weighted by atomic mass is 32.2. The predicted octanol–water partition coefficient (Wildman–Crippen LogP) is -1.71. The van der Waals surface area contributed by atoms with E-state index in [0.29, 0.717) is 18.8 Å². The maximum atomic E-state index is 10.5. The Labute approximate surface area is 155 Å². The number of aliphatic hydroxyl groups excluding tert-OH is 2. The van der Waals surface area contributed by atoms with Gasteiger partial charge in [0.05, 0.1) is 24.7 Å². The van der Waals surface area contributed by atoms with E-state index in [2.05, 4.69) is 17.5 Å². The van der Waals surface area contributed by atoms with E-state index in [4.69, 9.17) is 19.3 Å². The van der Waals surface area contributed by atoms with Gasteiger partial charge in [-0.05, 0) is 6.92 Å². The third-order valence-electron chi connectivity index (χ3n) is 3.01. The minimum absolute atomic E-state index is 0.158. The van der Waals surface area contributed by atoms with Gasteiger partial charge in [-0.25, -0.2) is 0 Å². The van der Waals surface area contributed by atoms with Crippen LogP contribution in [0.3, 0.4) is 0 Å². The molecule has 0 aromatic rings. The fourth-order valence-electron chi connectivity index (χ4n) is 1.62. The molecule has 1 fully saturated rings. The van der Waals surface area contributed by atoms with Crippen LogP contribution < -0.4 is 0 Å². The second-order valence-electron chi connectivity index (χ2n) is 5.01. The molecule has 0 saturated carbocycles. The summed E-state index contributed by atoms with van der Waals surface area (Å²) in [6.45, 7) is 6.02. The van der Waals surface area contributed by atoms with E-state index in [9.17, 15) is 16.8 Å². The van der Waals surface area contributed by atoms with E-state index in [1.807, 2.05) is 4.90 Å². The first-order chi connectivity index (χ1) is 11.5. The Hall–Kier alpha value is 0.01000. The third-order valence-corrected chi connectivity index (χ3v) is 4.64. The largest absolute Gasteiger partial charge is 0.396 e. The topological polar surface area (TPSA) is 156 Å². The van der Waals surface area contributed by atoms with E-state index in [1.165, 1.54) is 6.92 Å². The van der Waals surface area contributed by atoms with Crippen molar-refractivity contribution in [1.29, 1.82) is 0 Å². The molecule has 1 aliphatic rings. The van der Waals surface area contributed by atoms with E-state index >= 15 is 0 Å². The number of nitrogens with zero attached hydrogens (tertiary/aromatic N) is 2. The van der Waals surface area contributed by atoms with Crippen molar-refractivity contribution in [2.75, 3.05) is 69.7 Å². The lowest BCUT2D eigenvalue weighted by Crippen LogP contribution is -2.48. The molecule has 1 saturated heterocycles. The molecule has 0 bridgehead atoms. The summed E-state index contributed by atoms with van der Waals surface area (Å²) < 4.78 is 56.5. The first kappa shape index (κ1) is 27.2. The lowest BCUT2D eigenvalue weighted by Gasteiger charge is -2.33. The number of piperazine rings is 1. The second kappa shape index (κ2) is 15.1. The molecule has 0 radical (unpaired) electrons. The molecular formula is C12H30N2O8S3. The van der Waals surface area contributed by atoms with Crippen LogP contribution in [0.15, 0.2) is 0 Å². The number of rotatable bonds is 7. The van der Waals surface area contributed by atoms with Crippen LogP contribution in [0, 0.1) is 0 Å². The Morgan fingerprint density at radius 3 is 1.44 bits per heavy atom. The van der Waals surface area contributed by atoms with Gasteiger partial charge in [-0.3, -0.25) is 18.9 Å². The van der Waals surface area contributed by atoms with Crippen LogP contribution in [-0.2, 0) is 20.2 Å². The summed E-state index contributed by atoms with van der Waals surface area (Å²) in [4.78, 5) is 4.13. The molecule has 25 heavy (non-hydrogen) atoms. The van der Waals surface area contributed by atoms with Crippen molar-refractivity contribution >= 4 is 32.9 Å². The van der Waals surface area contributed by atoms with E-state index in [-0.39, 0.29) is 24.7 Å². The molecule has 10 nitrogen and oxygen atoms in total. The van der Waals surface area contributed by atoms with E-state index < -0.39 is 20.2 Å². The van der Waals surface area contributed by atoms with E-state index in [0.717, 1.165) is 26.2 Å². The molecular weight excluding hydrogens is 396 g/mol. The zero-order valence-corrected chi connectivity index (χ0v) is 16.9.